The second-order valence-corrected chi connectivity index (χ2v) is 8.98. The molecule has 4 aliphatic carbocycles. The predicted molar refractivity (Wildman–Crippen MR) is 102 cm³/mol. The smallest absolute Gasteiger partial charge is 0.234 e. The van der Waals surface area contributed by atoms with Gasteiger partial charge in [-0.3, -0.25) is 9.69 Å². The van der Waals surface area contributed by atoms with Gasteiger partial charge >= 0.3 is 0 Å². The van der Waals surface area contributed by atoms with Crippen molar-refractivity contribution in [1.82, 2.24) is 10.2 Å². The number of halogens is 1. The van der Waals surface area contributed by atoms with E-state index in [4.69, 9.17) is 0 Å². The maximum Gasteiger partial charge on any atom is 0.234 e. The zero-order chi connectivity index (χ0) is 16.1. The van der Waals surface area contributed by atoms with Crippen molar-refractivity contribution in [2.24, 2.45) is 17.8 Å². The SMILES string of the molecule is Cl.O=C(CN1CCc2ccccc2C1)NC12CC3CC(CC(C3)C1)C2. The Morgan fingerprint density at radius 3 is 2.28 bits per heavy atom. The summed E-state index contributed by atoms with van der Waals surface area (Å²) in [5, 5.41) is 3.52. The van der Waals surface area contributed by atoms with Crippen molar-refractivity contribution in [2.75, 3.05) is 13.1 Å². The zero-order valence-corrected chi connectivity index (χ0v) is 15.7. The van der Waals surface area contributed by atoms with Crippen molar-refractivity contribution in [2.45, 2.75) is 57.0 Å². The molecule has 4 saturated carbocycles. The Morgan fingerprint density at radius 2 is 1.64 bits per heavy atom. The zero-order valence-electron chi connectivity index (χ0n) is 14.9. The highest BCUT2D eigenvalue weighted by Crippen LogP contribution is 2.55. The minimum atomic E-state index is 0. The standard InChI is InChI=1S/C21H28N2O.ClH/c24-20(14-23-6-5-18-3-1-2-4-19(18)13-23)22-21-10-15-7-16(11-21)9-17(8-15)12-21;/h1-4,15-17H,5-14H2,(H,22,24);1H. The first-order valence-corrected chi connectivity index (χ1v) is 9.78. The summed E-state index contributed by atoms with van der Waals surface area (Å²) in [6, 6.07) is 8.66. The van der Waals surface area contributed by atoms with Crippen molar-refractivity contribution in [1.29, 1.82) is 0 Å². The van der Waals surface area contributed by atoms with Crippen LogP contribution in [0.2, 0.25) is 0 Å². The Bertz CT molecular complexity index is 624. The summed E-state index contributed by atoms with van der Waals surface area (Å²) >= 11 is 0. The molecule has 136 valence electrons. The van der Waals surface area contributed by atoms with Gasteiger partial charge in [-0.05, 0) is 73.8 Å². The van der Waals surface area contributed by atoms with Crippen molar-refractivity contribution in [3.8, 4) is 0 Å². The Kier molecular flexibility index (Phi) is 4.57. The molecule has 1 aromatic rings. The molecule has 6 rings (SSSR count). The summed E-state index contributed by atoms with van der Waals surface area (Å²) in [6.45, 7) is 2.49. The van der Waals surface area contributed by atoms with Crippen molar-refractivity contribution in [3.63, 3.8) is 0 Å². The Morgan fingerprint density at radius 1 is 1.04 bits per heavy atom. The van der Waals surface area contributed by atoms with Gasteiger partial charge in [0.1, 0.15) is 0 Å². The number of hydrogen-bond donors (Lipinski definition) is 1. The number of fused-ring (bicyclic) bond motifs is 1. The lowest BCUT2D eigenvalue weighted by molar-refractivity contribution is -0.128. The number of carbonyl (C=O) groups is 1. The van der Waals surface area contributed by atoms with E-state index < -0.39 is 0 Å². The molecule has 0 spiro atoms. The van der Waals surface area contributed by atoms with Crippen LogP contribution in [0, 0.1) is 17.8 Å². The number of rotatable bonds is 3. The molecule has 1 aliphatic heterocycles. The molecule has 4 fully saturated rings. The van der Waals surface area contributed by atoms with Crippen LogP contribution in [0.1, 0.15) is 49.7 Å². The van der Waals surface area contributed by atoms with E-state index in [0.29, 0.717) is 6.54 Å². The summed E-state index contributed by atoms with van der Waals surface area (Å²) in [6.07, 6.45) is 9.09. The number of benzene rings is 1. The average molecular weight is 361 g/mol. The predicted octanol–water partition coefficient (Wildman–Crippen LogP) is 3.55. The molecule has 1 heterocycles. The van der Waals surface area contributed by atoms with Gasteiger partial charge in [0.05, 0.1) is 6.54 Å². The van der Waals surface area contributed by atoms with Gasteiger partial charge < -0.3 is 5.32 Å². The molecule has 25 heavy (non-hydrogen) atoms. The summed E-state index contributed by atoms with van der Waals surface area (Å²) in [5.74, 6) is 2.92. The summed E-state index contributed by atoms with van der Waals surface area (Å²) in [7, 11) is 0. The fraction of sp³-hybridized carbons (Fsp3) is 0.667. The van der Waals surface area contributed by atoms with E-state index in [1.165, 1.54) is 49.7 Å². The van der Waals surface area contributed by atoms with Gasteiger partial charge in [0, 0.05) is 18.6 Å². The van der Waals surface area contributed by atoms with Crippen molar-refractivity contribution in [3.05, 3.63) is 35.4 Å². The van der Waals surface area contributed by atoms with E-state index in [-0.39, 0.29) is 23.9 Å². The Hall–Kier alpha value is -1.06. The highest BCUT2D eigenvalue weighted by molar-refractivity contribution is 5.85. The second-order valence-electron chi connectivity index (χ2n) is 8.98. The number of carbonyl (C=O) groups excluding carboxylic acids is 1. The fourth-order valence-corrected chi connectivity index (χ4v) is 6.49. The minimum Gasteiger partial charge on any atom is -0.350 e. The van der Waals surface area contributed by atoms with E-state index >= 15 is 0 Å². The van der Waals surface area contributed by atoms with Gasteiger partial charge in [-0.1, -0.05) is 24.3 Å². The van der Waals surface area contributed by atoms with E-state index in [9.17, 15) is 4.79 Å². The van der Waals surface area contributed by atoms with Gasteiger partial charge in [-0.2, -0.15) is 0 Å². The Labute approximate surface area is 157 Å². The fourth-order valence-electron chi connectivity index (χ4n) is 6.49. The molecule has 0 atom stereocenters. The Balaban J connectivity index is 0.00000157. The molecule has 1 N–H and O–H groups in total. The third kappa shape index (κ3) is 3.33. The summed E-state index contributed by atoms with van der Waals surface area (Å²) in [4.78, 5) is 15.1. The van der Waals surface area contributed by atoms with E-state index in [1.807, 2.05) is 0 Å². The molecule has 4 heteroatoms. The van der Waals surface area contributed by atoms with E-state index in [1.54, 1.807) is 0 Å². The van der Waals surface area contributed by atoms with Crippen molar-refractivity contribution < 1.29 is 4.79 Å². The molecule has 0 saturated heterocycles. The number of amides is 1. The van der Waals surface area contributed by atoms with Crippen molar-refractivity contribution >= 4 is 18.3 Å². The average Bonchev–Trinajstić information content (AvgIpc) is 2.52. The van der Waals surface area contributed by atoms with Gasteiger partial charge in [0.25, 0.3) is 0 Å². The van der Waals surface area contributed by atoms with Gasteiger partial charge in [0.2, 0.25) is 5.91 Å². The van der Waals surface area contributed by atoms with Crippen LogP contribution >= 0.6 is 12.4 Å². The number of nitrogens with zero attached hydrogens (tertiary/aromatic N) is 1. The largest absolute Gasteiger partial charge is 0.350 e. The lowest BCUT2D eigenvalue weighted by atomic mass is 9.53. The highest BCUT2D eigenvalue weighted by atomic mass is 35.5. The van der Waals surface area contributed by atoms with E-state index in [0.717, 1.165) is 37.3 Å². The minimum absolute atomic E-state index is 0. The first-order chi connectivity index (χ1) is 11.7. The highest BCUT2D eigenvalue weighted by Gasteiger charge is 2.51. The molecule has 0 unspecified atom stereocenters. The third-order valence-electron chi connectivity index (χ3n) is 7.02. The molecule has 0 radical (unpaired) electrons. The van der Waals surface area contributed by atoms with Crippen LogP contribution in [0.5, 0.6) is 0 Å². The normalized spacial score (nSPS) is 35.8. The van der Waals surface area contributed by atoms with Crippen LogP contribution in [0.4, 0.5) is 0 Å². The molecular formula is C21H29ClN2O. The molecule has 3 nitrogen and oxygen atoms in total. The van der Waals surface area contributed by atoms with Gasteiger partial charge in [-0.15, -0.1) is 12.4 Å². The number of hydrogen-bond acceptors (Lipinski definition) is 2. The maximum atomic E-state index is 12.8. The van der Waals surface area contributed by atoms with Crippen LogP contribution in [0.15, 0.2) is 24.3 Å². The molecule has 5 aliphatic rings. The van der Waals surface area contributed by atoms with Crippen LogP contribution in [0.3, 0.4) is 0 Å². The van der Waals surface area contributed by atoms with Crippen LogP contribution in [-0.2, 0) is 17.8 Å². The first-order valence-electron chi connectivity index (χ1n) is 9.78. The van der Waals surface area contributed by atoms with Gasteiger partial charge in [-0.25, -0.2) is 0 Å². The molecule has 4 bridgehead atoms. The lowest BCUT2D eigenvalue weighted by Crippen LogP contribution is -2.61. The van der Waals surface area contributed by atoms with Gasteiger partial charge in [0.15, 0.2) is 0 Å². The topological polar surface area (TPSA) is 32.3 Å². The number of nitrogens with one attached hydrogen (secondary N) is 1. The summed E-state index contributed by atoms with van der Waals surface area (Å²) < 4.78 is 0. The quantitative estimate of drug-likeness (QED) is 0.894. The second kappa shape index (κ2) is 6.59. The summed E-state index contributed by atoms with van der Waals surface area (Å²) in [5.41, 5.74) is 3.00. The lowest BCUT2D eigenvalue weighted by Gasteiger charge is -2.57. The monoisotopic (exact) mass is 360 g/mol. The molecule has 1 amide bonds. The maximum absolute atomic E-state index is 12.8. The van der Waals surface area contributed by atoms with Crippen LogP contribution in [0.25, 0.3) is 0 Å². The third-order valence-corrected chi connectivity index (χ3v) is 7.02. The van der Waals surface area contributed by atoms with E-state index in [2.05, 4.69) is 34.5 Å². The first kappa shape index (κ1) is 17.4. The molecule has 0 aromatic heterocycles. The van der Waals surface area contributed by atoms with Crippen LogP contribution < -0.4 is 5.32 Å². The molecule has 1 aromatic carbocycles. The van der Waals surface area contributed by atoms with Crippen LogP contribution in [-0.4, -0.2) is 29.4 Å². The molecular weight excluding hydrogens is 332 g/mol.